The van der Waals surface area contributed by atoms with Crippen molar-refractivity contribution in [1.29, 1.82) is 0 Å². The second-order valence-electron chi connectivity index (χ2n) is 1.72. The van der Waals surface area contributed by atoms with Gasteiger partial charge in [0.05, 0.1) is 0 Å². The molecule has 0 atom stereocenters. The van der Waals surface area contributed by atoms with Crippen molar-refractivity contribution in [3.63, 3.8) is 0 Å². The highest BCUT2D eigenvalue weighted by molar-refractivity contribution is 6.38. The van der Waals surface area contributed by atoms with E-state index in [2.05, 4.69) is 0 Å². The third kappa shape index (κ3) is 1.47. The molecule has 45 valence electrons. The van der Waals surface area contributed by atoms with E-state index in [1.165, 1.54) is 0 Å². The topological polar surface area (TPSA) is 43.1 Å². The molecule has 0 aliphatic carbocycles. The molecule has 2 nitrogen and oxygen atoms in total. The highest BCUT2D eigenvalue weighted by Crippen LogP contribution is 1.94. The Morgan fingerprint density at radius 1 is 1.22 bits per heavy atom. The molecule has 0 spiro atoms. The summed E-state index contributed by atoms with van der Waals surface area (Å²) >= 11 is 0. The lowest BCUT2D eigenvalue weighted by atomic mass is 10.3. The molecule has 9 heavy (non-hydrogen) atoms. The molecule has 3 heteroatoms. The van der Waals surface area contributed by atoms with Crippen LogP contribution >= 0.6 is 0 Å². The van der Waals surface area contributed by atoms with Crippen LogP contribution in [0.25, 0.3) is 0 Å². The average Bonchev–Trinajstić information content (AvgIpc) is 1.90. The zero-order valence-electron chi connectivity index (χ0n) is 4.79. The number of rotatable bonds is 1. The van der Waals surface area contributed by atoms with Crippen molar-refractivity contribution in [2.24, 2.45) is 0 Å². The molecular weight excluding hydrogens is 130 g/mol. The van der Waals surface area contributed by atoms with Crippen LogP contribution in [0.15, 0.2) is 24.3 Å². The van der Waals surface area contributed by atoms with E-state index in [4.69, 9.17) is 5.73 Å². The minimum Gasteiger partial charge on any atom is -0.399 e. The molecule has 0 unspecified atom stereocenters. The van der Waals surface area contributed by atoms with Gasteiger partial charge in [0.1, 0.15) is 0 Å². The van der Waals surface area contributed by atoms with Gasteiger partial charge in [0.2, 0.25) is 0 Å². The van der Waals surface area contributed by atoms with Crippen LogP contribution in [-0.4, -0.2) is 9.41 Å². The monoisotopic (exact) mass is 136 g/mol. The standard InChI is InChI=1S/C6H6NOSi/c7-5-1-3-6(9-8)4-2-5/h1-4H,7H2. The molecule has 0 saturated heterocycles. The number of hydrogen-bond acceptors (Lipinski definition) is 2. The van der Waals surface area contributed by atoms with Crippen LogP contribution in [0.5, 0.6) is 0 Å². The van der Waals surface area contributed by atoms with Gasteiger partial charge < -0.3 is 10.2 Å². The van der Waals surface area contributed by atoms with Crippen LogP contribution in [0.3, 0.4) is 0 Å². The van der Waals surface area contributed by atoms with E-state index in [1.807, 2.05) is 0 Å². The quantitative estimate of drug-likeness (QED) is 0.434. The minimum absolute atomic E-state index is 0.379. The molecule has 1 radical (unpaired) electrons. The van der Waals surface area contributed by atoms with E-state index in [0.29, 0.717) is 5.69 Å². The summed E-state index contributed by atoms with van der Waals surface area (Å²) in [7, 11) is -0.379. The molecule has 0 heterocycles. The lowest BCUT2D eigenvalue weighted by Crippen LogP contribution is -2.04. The molecule has 0 aliphatic heterocycles. The van der Waals surface area contributed by atoms with E-state index in [0.717, 1.165) is 5.19 Å². The first kappa shape index (κ1) is 6.16. The van der Waals surface area contributed by atoms with Crippen molar-refractivity contribution < 1.29 is 4.46 Å². The van der Waals surface area contributed by atoms with Gasteiger partial charge in [-0.15, -0.1) is 0 Å². The minimum atomic E-state index is -0.379. The maximum absolute atomic E-state index is 10.2. The molecule has 1 aromatic carbocycles. The molecule has 0 fully saturated rings. The largest absolute Gasteiger partial charge is 0.399 e. The Kier molecular flexibility index (Phi) is 1.74. The third-order valence-corrected chi connectivity index (χ3v) is 1.60. The zero-order chi connectivity index (χ0) is 6.69. The fraction of sp³-hybridized carbons (Fsp3) is 0. The van der Waals surface area contributed by atoms with Crippen molar-refractivity contribution in [1.82, 2.24) is 0 Å². The number of hydrogen-bond donors (Lipinski definition) is 1. The molecule has 0 aromatic heterocycles. The second kappa shape index (κ2) is 2.55. The summed E-state index contributed by atoms with van der Waals surface area (Å²) in [5.74, 6) is 0. The van der Waals surface area contributed by atoms with Gasteiger partial charge in [-0.3, -0.25) is 0 Å². The van der Waals surface area contributed by atoms with Gasteiger partial charge in [-0.25, -0.2) is 0 Å². The molecule has 1 rings (SSSR count). The SMILES string of the molecule is Nc1ccc([Si]=O)cc1. The van der Waals surface area contributed by atoms with Crippen LogP contribution in [-0.2, 0) is 4.46 Å². The van der Waals surface area contributed by atoms with Gasteiger partial charge >= 0.3 is 9.41 Å². The van der Waals surface area contributed by atoms with Gasteiger partial charge in [0, 0.05) is 5.69 Å². The number of benzene rings is 1. The Balaban J connectivity index is 3.01. The predicted molar refractivity (Wildman–Crippen MR) is 36.9 cm³/mol. The fourth-order valence-electron chi connectivity index (χ4n) is 0.551. The Bertz CT molecular complexity index is 207. The molecule has 1 aromatic rings. The Labute approximate surface area is 55.6 Å². The molecule has 2 N–H and O–H groups in total. The van der Waals surface area contributed by atoms with Gasteiger partial charge in [0.25, 0.3) is 0 Å². The predicted octanol–water partition coefficient (Wildman–Crippen LogP) is -0.0562. The van der Waals surface area contributed by atoms with E-state index in [9.17, 15) is 4.46 Å². The molecule has 0 aliphatic rings. The van der Waals surface area contributed by atoms with Crippen LogP contribution in [0.1, 0.15) is 0 Å². The number of nitrogens with two attached hydrogens (primary N) is 1. The summed E-state index contributed by atoms with van der Waals surface area (Å²) in [6, 6.07) is 6.97. The zero-order valence-corrected chi connectivity index (χ0v) is 5.79. The van der Waals surface area contributed by atoms with Crippen molar-refractivity contribution in [2.45, 2.75) is 0 Å². The maximum Gasteiger partial charge on any atom is 0.365 e. The summed E-state index contributed by atoms with van der Waals surface area (Å²) in [4.78, 5) is 0. The third-order valence-electron chi connectivity index (χ3n) is 1.03. The summed E-state index contributed by atoms with van der Waals surface area (Å²) in [5, 5.41) is 0.809. The van der Waals surface area contributed by atoms with Crippen molar-refractivity contribution >= 4 is 20.3 Å². The first-order valence-corrected chi connectivity index (χ1v) is 3.47. The Morgan fingerprint density at radius 3 is 2.22 bits per heavy atom. The number of anilines is 1. The lowest BCUT2D eigenvalue weighted by Gasteiger charge is -1.89. The van der Waals surface area contributed by atoms with E-state index < -0.39 is 0 Å². The maximum atomic E-state index is 10.2. The Morgan fingerprint density at radius 2 is 1.78 bits per heavy atom. The highest BCUT2D eigenvalue weighted by atomic mass is 28.2. The summed E-state index contributed by atoms with van der Waals surface area (Å²) in [6.45, 7) is 0. The van der Waals surface area contributed by atoms with Crippen molar-refractivity contribution in [2.75, 3.05) is 5.73 Å². The molecular formula is C6H6NOSi. The highest BCUT2D eigenvalue weighted by Gasteiger charge is 1.87. The van der Waals surface area contributed by atoms with Crippen LogP contribution in [0.2, 0.25) is 0 Å². The number of nitrogen functional groups attached to an aromatic ring is 1. The van der Waals surface area contributed by atoms with Crippen LogP contribution < -0.4 is 10.9 Å². The van der Waals surface area contributed by atoms with Crippen molar-refractivity contribution in [3.8, 4) is 0 Å². The van der Waals surface area contributed by atoms with Crippen LogP contribution in [0.4, 0.5) is 5.69 Å². The van der Waals surface area contributed by atoms with E-state index in [-0.39, 0.29) is 9.41 Å². The molecule has 0 bridgehead atoms. The summed E-state index contributed by atoms with van der Waals surface area (Å²) in [6.07, 6.45) is 0. The first-order valence-electron chi connectivity index (χ1n) is 2.56. The van der Waals surface area contributed by atoms with Gasteiger partial charge in [0.15, 0.2) is 0 Å². The first-order chi connectivity index (χ1) is 4.33. The fourth-order valence-corrected chi connectivity index (χ4v) is 0.854. The second-order valence-corrected chi connectivity index (χ2v) is 2.51. The average molecular weight is 136 g/mol. The van der Waals surface area contributed by atoms with E-state index in [1.54, 1.807) is 24.3 Å². The summed E-state index contributed by atoms with van der Waals surface area (Å²) < 4.78 is 10.2. The summed E-state index contributed by atoms with van der Waals surface area (Å²) in [5.41, 5.74) is 6.09. The Hall–Kier alpha value is -0.963. The van der Waals surface area contributed by atoms with Gasteiger partial charge in [-0.05, 0) is 17.3 Å². The lowest BCUT2D eigenvalue weighted by molar-refractivity contribution is 0.583. The van der Waals surface area contributed by atoms with Crippen LogP contribution in [0, 0.1) is 0 Å². The van der Waals surface area contributed by atoms with Gasteiger partial charge in [-0.2, -0.15) is 0 Å². The van der Waals surface area contributed by atoms with E-state index >= 15 is 0 Å². The normalized spacial score (nSPS) is 8.89. The van der Waals surface area contributed by atoms with Crippen molar-refractivity contribution in [3.05, 3.63) is 24.3 Å². The van der Waals surface area contributed by atoms with Gasteiger partial charge in [-0.1, -0.05) is 12.1 Å². The molecule has 0 saturated carbocycles. The smallest absolute Gasteiger partial charge is 0.365 e. The molecule has 0 amide bonds.